The molecule has 17 heavy (non-hydrogen) atoms. The molecular weight excluding hydrogens is 214 g/mol. The van der Waals surface area contributed by atoms with Crippen LogP contribution in [-0.2, 0) is 6.54 Å². The van der Waals surface area contributed by atoms with Crippen molar-refractivity contribution in [2.24, 2.45) is 0 Å². The van der Waals surface area contributed by atoms with Gasteiger partial charge in [-0.25, -0.2) is 19.9 Å². The first-order valence-electron chi connectivity index (χ1n) is 5.68. The summed E-state index contributed by atoms with van der Waals surface area (Å²) < 4.78 is 0. The van der Waals surface area contributed by atoms with Crippen LogP contribution < -0.4 is 5.32 Å². The lowest BCUT2D eigenvalue weighted by Gasteiger charge is -2.03. The van der Waals surface area contributed by atoms with E-state index < -0.39 is 0 Å². The molecule has 1 N–H and O–H groups in total. The molecule has 2 rings (SSSR count). The summed E-state index contributed by atoms with van der Waals surface area (Å²) in [7, 11) is 0. The number of hydrogen-bond donors (Lipinski definition) is 1. The Balaban J connectivity index is 2.03. The first kappa shape index (κ1) is 11.6. The number of aromatic nitrogens is 4. The molecular formula is C12H15N5. The van der Waals surface area contributed by atoms with Crippen molar-refractivity contribution in [1.82, 2.24) is 25.3 Å². The van der Waals surface area contributed by atoms with Gasteiger partial charge in [0.05, 0.1) is 0 Å². The smallest absolute Gasteiger partial charge is 0.178 e. The van der Waals surface area contributed by atoms with Crippen LogP contribution in [0.15, 0.2) is 31.0 Å². The zero-order chi connectivity index (χ0) is 11.9. The summed E-state index contributed by atoms with van der Waals surface area (Å²) in [4.78, 5) is 16.5. The highest BCUT2D eigenvalue weighted by molar-refractivity contribution is 5.46. The highest BCUT2D eigenvalue weighted by Crippen LogP contribution is 2.08. The second-order valence-corrected chi connectivity index (χ2v) is 3.69. The zero-order valence-electron chi connectivity index (χ0n) is 9.80. The van der Waals surface area contributed by atoms with Gasteiger partial charge in [-0.2, -0.15) is 0 Å². The molecule has 2 heterocycles. The third-order valence-corrected chi connectivity index (χ3v) is 2.27. The number of nitrogens with zero attached hydrogens (tertiary/aromatic N) is 4. The van der Waals surface area contributed by atoms with Gasteiger partial charge in [0.15, 0.2) is 5.82 Å². The van der Waals surface area contributed by atoms with Gasteiger partial charge < -0.3 is 5.32 Å². The van der Waals surface area contributed by atoms with Gasteiger partial charge in [-0.05, 0) is 19.0 Å². The predicted molar refractivity (Wildman–Crippen MR) is 65.1 cm³/mol. The average Bonchev–Trinajstić information content (AvgIpc) is 2.41. The van der Waals surface area contributed by atoms with Crippen LogP contribution in [0, 0.1) is 0 Å². The van der Waals surface area contributed by atoms with E-state index in [1.165, 1.54) is 6.33 Å². The van der Waals surface area contributed by atoms with Crippen LogP contribution >= 0.6 is 0 Å². The Morgan fingerprint density at radius 3 is 2.65 bits per heavy atom. The second kappa shape index (κ2) is 6.00. The summed E-state index contributed by atoms with van der Waals surface area (Å²) in [5.74, 6) is 0.631. The van der Waals surface area contributed by atoms with Gasteiger partial charge in [-0.15, -0.1) is 0 Å². The van der Waals surface area contributed by atoms with Crippen molar-refractivity contribution >= 4 is 0 Å². The average molecular weight is 229 g/mol. The summed E-state index contributed by atoms with van der Waals surface area (Å²) >= 11 is 0. The van der Waals surface area contributed by atoms with Crippen molar-refractivity contribution in [3.63, 3.8) is 0 Å². The molecule has 0 spiro atoms. The van der Waals surface area contributed by atoms with E-state index in [4.69, 9.17) is 0 Å². The van der Waals surface area contributed by atoms with Crippen molar-refractivity contribution in [2.45, 2.75) is 19.9 Å². The van der Waals surface area contributed by atoms with Crippen LogP contribution in [0.25, 0.3) is 11.5 Å². The molecule has 5 heteroatoms. The first-order chi connectivity index (χ1) is 8.40. The molecule has 0 amide bonds. The zero-order valence-corrected chi connectivity index (χ0v) is 9.80. The highest BCUT2D eigenvalue weighted by Gasteiger charge is 2.01. The van der Waals surface area contributed by atoms with Crippen LogP contribution in [0.4, 0.5) is 0 Å². The first-order valence-corrected chi connectivity index (χ1v) is 5.68. The molecule has 0 aliphatic heterocycles. The summed E-state index contributed by atoms with van der Waals surface area (Å²) in [5, 5.41) is 3.30. The Hall–Kier alpha value is -1.88. The fraction of sp³-hybridized carbons (Fsp3) is 0.333. The van der Waals surface area contributed by atoms with Gasteiger partial charge in [0.25, 0.3) is 0 Å². The van der Waals surface area contributed by atoms with Gasteiger partial charge in [-0.1, -0.05) is 6.92 Å². The van der Waals surface area contributed by atoms with Crippen molar-refractivity contribution in [1.29, 1.82) is 0 Å². The Kier molecular flexibility index (Phi) is 4.10. The predicted octanol–water partition coefficient (Wildman–Crippen LogP) is 1.43. The van der Waals surface area contributed by atoms with Crippen molar-refractivity contribution in [3.8, 4) is 11.5 Å². The van der Waals surface area contributed by atoms with E-state index in [1.807, 2.05) is 12.4 Å². The number of rotatable bonds is 5. The van der Waals surface area contributed by atoms with Crippen LogP contribution in [0.5, 0.6) is 0 Å². The standard InChI is InChI=1S/C12H15N5/c1-2-4-13-6-10-7-15-12(16-8-10)11-3-5-14-9-17-11/h3,5,7-9,13H,2,4,6H2,1H3. The SMILES string of the molecule is CCCNCc1cnc(-c2ccncn2)nc1. The van der Waals surface area contributed by atoms with Gasteiger partial charge in [0.1, 0.15) is 12.0 Å². The summed E-state index contributed by atoms with van der Waals surface area (Å²) in [6.07, 6.45) is 7.96. The molecule has 0 atom stereocenters. The van der Waals surface area contributed by atoms with Crippen molar-refractivity contribution in [2.75, 3.05) is 6.54 Å². The minimum Gasteiger partial charge on any atom is -0.313 e. The molecule has 0 saturated carbocycles. The Morgan fingerprint density at radius 2 is 2.00 bits per heavy atom. The molecule has 0 bridgehead atoms. The largest absolute Gasteiger partial charge is 0.313 e. The lowest BCUT2D eigenvalue weighted by atomic mass is 10.3. The molecule has 88 valence electrons. The highest BCUT2D eigenvalue weighted by atomic mass is 14.9. The van der Waals surface area contributed by atoms with E-state index in [9.17, 15) is 0 Å². The van der Waals surface area contributed by atoms with Crippen LogP contribution in [0.3, 0.4) is 0 Å². The van der Waals surface area contributed by atoms with E-state index in [2.05, 4.69) is 32.2 Å². The fourth-order valence-corrected chi connectivity index (χ4v) is 1.41. The molecule has 2 aromatic heterocycles. The second-order valence-electron chi connectivity index (χ2n) is 3.69. The number of nitrogens with one attached hydrogen (secondary N) is 1. The molecule has 2 aromatic rings. The maximum Gasteiger partial charge on any atom is 0.178 e. The van der Waals surface area contributed by atoms with Crippen LogP contribution in [0.2, 0.25) is 0 Å². The summed E-state index contributed by atoms with van der Waals surface area (Å²) in [6, 6.07) is 1.80. The summed E-state index contributed by atoms with van der Waals surface area (Å²) in [6.45, 7) is 3.95. The minimum atomic E-state index is 0.631. The van der Waals surface area contributed by atoms with Gasteiger partial charge in [-0.3, -0.25) is 0 Å². The Morgan fingerprint density at radius 1 is 1.18 bits per heavy atom. The van der Waals surface area contributed by atoms with E-state index in [0.717, 1.165) is 30.8 Å². The third kappa shape index (κ3) is 3.29. The maximum absolute atomic E-state index is 4.29. The minimum absolute atomic E-state index is 0.631. The molecule has 0 unspecified atom stereocenters. The molecule has 0 aliphatic carbocycles. The topological polar surface area (TPSA) is 63.6 Å². The Bertz CT molecular complexity index is 440. The monoisotopic (exact) mass is 229 g/mol. The van der Waals surface area contributed by atoms with Crippen LogP contribution in [0.1, 0.15) is 18.9 Å². The van der Waals surface area contributed by atoms with Gasteiger partial charge in [0.2, 0.25) is 0 Å². The fourth-order valence-electron chi connectivity index (χ4n) is 1.41. The van der Waals surface area contributed by atoms with E-state index >= 15 is 0 Å². The van der Waals surface area contributed by atoms with Gasteiger partial charge in [0, 0.05) is 30.7 Å². The maximum atomic E-state index is 4.29. The van der Waals surface area contributed by atoms with Crippen molar-refractivity contribution in [3.05, 3.63) is 36.5 Å². The number of hydrogen-bond acceptors (Lipinski definition) is 5. The molecule has 0 saturated heterocycles. The lowest BCUT2D eigenvalue weighted by Crippen LogP contribution is -2.14. The summed E-state index contributed by atoms with van der Waals surface area (Å²) in [5.41, 5.74) is 1.82. The quantitative estimate of drug-likeness (QED) is 0.786. The van der Waals surface area contributed by atoms with Gasteiger partial charge >= 0.3 is 0 Å². The molecule has 0 radical (unpaired) electrons. The normalized spacial score (nSPS) is 10.4. The van der Waals surface area contributed by atoms with Crippen LogP contribution in [-0.4, -0.2) is 26.5 Å². The third-order valence-electron chi connectivity index (χ3n) is 2.27. The lowest BCUT2D eigenvalue weighted by molar-refractivity contribution is 0.672. The van der Waals surface area contributed by atoms with E-state index in [-0.39, 0.29) is 0 Å². The van der Waals surface area contributed by atoms with E-state index in [1.54, 1.807) is 12.3 Å². The molecule has 5 nitrogen and oxygen atoms in total. The van der Waals surface area contributed by atoms with Crippen molar-refractivity contribution < 1.29 is 0 Å². The molecule has 0 aromatic carbocycles. The van der Waals surface area contributed by atoms with E-state index in [0.29, 0.717) is 5.82 Å². The Labute approximate surface area is 100 Å². The molecule has 0 aliphatic rings. The molecule has 0 fully saturated rings.